The number of thiol groups is 1. The highest BCUT2D eigenvalue weighted by Gasteiger charge is 2.09. The van der Waals surface area contributed by atoms with E-state index in [0.717, 1.165) is 11.4 Å². The fraction of sp³-hybridized carbons (Fsp3) is 0.143. The molecule has 0 amide bonds. The summed E-state index contributed by atoms with van der Waals surface area (Å²) in [6.07, 6.45) is 3.45. The number of nitrogens with zero attached hydrogens (tertiary/aromatic N) is 3. The van der Waals surface area contributed by atoms with Crippen LogP contribution in [0.4, 0.5) is 5.69 Å². The monoisotopic (exact) mass is 165 g/mol. The van der Waals surface area contributed by atoms with Crippen LogP contribution in [0.2, 0.25) is 0 Å². The number of aromatic nitrogens is 1. The van der Waals surface area contributed by atoms with Crippen molar-refractivity contribution < 1.29 is 0 Å². The lowest BCUT2D eigenvalue weighted by atomic mass is 10.3. The minimum Gasteiger partial charge on any atom is -0.276 e. The van der Waals surface area contributed by atoms with E-state index in [2.05, 4.69) is 22.8 Å². The Balaban J connectivity index is 2.50. The zero-order valence-electron chi connectivity index (χ0n) is 5.81. The number of aliphatic imine (C=N–C) groups is 1. The fourth-order valence-electron chi connectivity index (χ4n) is 1.03. The first kappa shape index (κ1) is 6.67. The second kappa shape index (κ2) is 2.54. The highest BCUT2D eigenvalue weighted by atomic mass is 32.1. The molecular formula is C7H7N3S. The highest BCUT2D eigenvalue weighted by Crippen LogP contribution is 2.21. The summed E-state index contributed by atoms with van der Waals surface area (Å²) in [5, 5.41) is 0. The van der Waals surface area contributed by atoms with Gasteiger partial charge in [-0.1, -0.05) is 12.8 Å². The van der Waals surface area contributed by atoms with Crippen LogP contribution in [0, 0.1) is 0 Å². The molecular weight excluding hydrogens is 158 g/mol. The average Bonchev–Trinajstić information content (AvgIpc) is 2.06. The molecule has 0 aliphatic carbocycles. The van der Waals surface area contributed by atoms with Gasteiger partial charge in [-0.2, -0.15) is 0 Å². The SMILES string of the molecule is SN1C=NCc2ncccc21. The van der Waals surface area contributed by atoms with Gasteiger partial charge in [-0.15, -0.1) is 0 Å². The van der Waals surface area contributed by atoms with Crippen molar-refractivity contribution in [2.75, 3.05) is 4.31 Å². The average molecular weight is 165 g/mol. The standard InChI is InChI=1S/C7H7N3S/c11-10-5-8-4-6-7(10)2-1-3-9-6/h1-3,5,11H,4H2. The van der Waals surface area contributed by atoms with Crippen LogP contribution in [-0.4, -0.2) is 11.3 Å². The van der Waals surface area contributed by atoms with Crippen molar-refractivity contribution in [1.29, 1.82) is 0 Å². The van der Waals surface area contributed by atoms with Gasteiger partial charge in [0, 0.05) is 6.20 Å². The molecule has 2 rings (SSSR count). The van der Waals surface area contributed by atoms with E-state index in [0.29, 0.717) is 6.54 Å². The second-order valence-corrected chi connectivity index (χ2v) is 2.70. The molecule has 1 aromatic rings. The summed E-state index contributed by atoms with van der Waals surface area (Å²) in [6, 6.07) is 3.86. The van der Waals surface area contributed by atoms with Crippen molar-refractivity contribution in [2.24, 2.45) is 4.99 Å². The first-order chi connectivity index (χ1) is 5.38. The molecule has 11 heavy (non-hydrogen) atoms. The van der Waals surface area contributed by atoms with Crippen molar-refractivity contribution in [1.82, 2.24) is 4.98 Å². The number of pyridine rings is 1. The Hall–Kier alpha value is -1.03. The maximum absolute atomic E-state index is 4.18. The molecule has 0 radical (unpaired) electrons. The van der Waals surface area contributed by atoms with Crippen molar-refractivity contribution in [3.05, 3.63) is 24.0 Å². The molecule has 0 spiro atoms. The quantitative estimate of drug-likeness (QED) is 0.586. The summed E-state index contributed by atoms with van der Waals surface area (Å²) in [5.74, 6) is 0. The summed E-state index contributed by atoms with van der Waals surface area (Å²) >= 11 is 4.18. The molecule has 2 heterocycles. The van der Waals surface area contributed by atoms with E-state index >= 15 is 0 Å². The normalized spacial score (nSPS) is 14.8. The Morgan fingerprint density at radius 2 is 2.45 bits per heavy atom. The second-order valence-electron chi connectivity index (χ2n) is 2.27. The molecule has 1 aromatic heterocycles. The van der Waals surface area contributed by atoms with Gasteiger partial charge in [0.2, 0.25) is 0 Å². The molecule has 4 heteroatoms. The Labute approximate surface area is 70.3 Å². The maximum Gasteiger partial charge on any atom is 0.100 e. The van der Waals surface area contributed by atoms with Crippen LogP contribution >= 0.6 is 12.8 Å². The van der Waals surface area contributed by atoms with Gasteiger partial charge in [-0.05, 0) is 12.1 Å². The minimum atomic E-state index is 0.660. The van der Waals surface area contributed by atoms with Gasteiger partial charge in [-0.25, -0.2) is 0 Å². The van der Waals surface area contributed by atoms with E-state index in [4.69, 9.17) is 0 Å². The van der Waals surface area contributed by atoms with E-state index in [1.54, 1.807) is 16.8 Å². The molecule has 0 aromatic carbocycles. The molecule has 0 N–H and O–H groups in total. The van der Waals surface area contributed by atoms with Gasteiger partial charge in [-0.3, -0.25) is 14.3 Å². The van der Waals surface area contributed by atoms with Crippen LogP contribution in [0.1, 0.15) is 5.69 Å². The first-order valence-corrected chi connectivity index (χ1v) is 3.70. The summed E-state index contributed by atoms with van der Waals surface area (Å²) in [6.45, 7) is 0.660. The van der Waals surface area contributed by atoms with Gasteiger partial charge < -0.3 is 0 Å². The predicted molar refractivity (Wildman–Crippen MR) is 47.9 cm³/mol. The molecule has 0 saturated carbocycles. The highest BCUT2D eigenvalue weighted by molar-refractivity contribution is 7.82. The smallest absolute Gasteiger partial charge is 0.100 e. The van der Waals surface area contributed by atoms with Gasteiger partial charge in [0.05, 0.1) is 17.9 Å². The van der Waals surface area contributed by atoms with Crippen LogP contribution < -0.4 is 4.31 Å². The molecule has 1 aliphatic heterocycles. The zero-order valence-corrected chi connectivity index (χ0v) is 6.70. The lowest BCUT2D eigenvalue weighted by Crippen LogP contribution is -2.14. The van der Waals surface area contributed by atoms with Crippen molar-refractivity contribution in [2.45, 2.75) is 6.54 Å². The third kappa shape index (κ3) is 1.09. The van der Waals surface area contributed by atoms with Crippen LogP contribution in [-0.2, 0) is 6.54 Å². The summed E-state index contributed by atoms with van der Waals surface area (Å²) < 4.78 is 1.67. The number of hydrogen-bond donors (Lipinski definition) is 1. The van der Waals surface area contributed by atoms with Crippen molar-refractivity contribution in [3.63, 3.8) is 0 Å². The van der Waals surface area contributed by atoms with Crippen molar-refractivity contribution in [3.8, 4) is 0 Å². The summed E-state index contributed by atoms with van der Waals surface area (Å²) in [4.78, 5) is 8.23. The topological polar surface area (TPSA) is 28.5 Å². The molecule has 0 unspecified atom stereocenters. The Bertz CT molecular complexity index is 297. The summed E-state index contributed by atoms with van der Waals surface area (Å²) in [7, 11) is 0. The third-order valence-electron chi connectivity index (χ3n) is 1.55. The fourth-order valence-corrected chi connectivity index (χ4v) is 1.28. The Morgan fingerprint density at radius 1 is 1.55 bits per heavy atom. The van der Waals surface area contributed by atoms with Crippen LogP contribution in [0.3, 0.4) is 0 Å². The van der Waals surface area contributed by atoms with Gasteiger partial charge in [0.15, 0.2) is 0 Å². The third-order valence-corrected chi connectivity index (χ3v) is 1.86. The van der Waals surface area contributed by atoms with Gasteiger partial charge >= 0.3 is 0 Å². The summed E-state index contributed by atoms with van der Waals surface area (Å²) in [5.41, 5.74) is 2.00. The molecule has 1 aliphatic rings. The Kier molecular flexibility index (Phi) is 1.54. The number of hydrogen-bond acceptors (Lipinski definition) is 4. The molecule has 0 saturated heterocycles. The van der Waals surface area contributed by atoms with Crippen LogP contribution in [0.25, 0.3) is 0 Å². The predicted octanol–water partition coefficient (Wildman–Crippen LogP) is 1.27. The van der Waals surface area contributed by atoms with Crippen molar-refractivity contribution >= 4 is 24.8 Å². The van der Waals surface area contributed by atoms with Gasteiger partial charge in [0.1, 0.15) is 6.34 Å². The maximum atomic E-state index is 4.18. The zero-order chi connectivity index (χ0) is 7.68. The van der Waals surface area contributed by atoms with E-state index in [1.165, 1.54) is 0 Å². The van der Waals surface area contributed by atoms with E-state index in [9.17, 15) is 0 Å². The molecule has 0 fully saturated rings. The molecule has 56 valence electrons. The number of rotatable bonds is 0. The molecule has 0 atom stereocenters. The number of fused-ring (bicyclic) bond motifs is 1. The minimum absolute atomic E-state index is 0.660. The van der Waals surface area contributed by atoms with Crippen LogP contribution in [0.15, 0.2) is 23.3 Å². The van der Waals surface area contributed by atoms with E-state index in [-0.39, 0.29) is 0 Å². The van der Waals surface area contributed by atoms with Gasteiger partial charge in [0.25, 0.3) is 0 Å². The number of anilines is 1. The lowest BCUT2D eigenvalue weighted by molar-refractivity contribution is 0.974. The Morgan fingerprint density at radius 3 is 3.27 bits per heavy atom. The molecule has 3 nitrogen and oxygen atoms in total. The largest absolute Gasteiger partial charge is 0.276 e. The lowest BCUT2D eigenvalue weighted by Gasteiger charge is -2.17. The van der Waals surface area contributed by atoms with E-state index < -0.39 is 0 Å². The molecule has 0 bridgehead atoms. The first-order valence-electron chi connectivity index (χ1n) is 3.30. The van der Waals surface area contributed by atoms with E-state index in [1.807, 2.05) is 12.1 Å². The van der Waals surface area contributed by atoms with Crippen LogP contribution in [0.5, 0.6) is 0 Å².